The van der Waals surface area contributed by atoms with Gasteiger partial charge in [0, 0.05) is 16.1 Å². The maximum absolute atomic E-state index is 9.36. The van der Waals surface area contributed by atoms with Crippen LogP contribution < -0.4 is 10.2 Å². The summed E-state index contributed by atoms with van der Waals surface area (Å²) in [5, 5.41) is 18.7. The van der Waals surface area contributed by atoms with Crippen LogP contribution in [0.25, 0.3) is 0 Å². The van der Waals surface area contributed by atoms with Gasteiger partial charge in [-0.25, -0.2) is 0 Å². The van der Waals surface area contributed by atoms with Gasteiger partial charge in [0.05, 0.1) is 7.11 Å². The highest BCUT2D eigenvalue weighted by atomic mass is 32.2. The van der Waals surface area contributed by atoms with Gasteiger partial charge in [-0.3, -0.25) is 0 Å². The molecular formula is C15H17BO3S. The van der Waals surface area contributed by atoms with Crippen LogP contribution in [0.5, 0.6) is 5.75 Å². The number of methoxy groups -OCH3 is 1. The third-order valence-electron chi connectivity index (χ3n) is 3.06. The van der Waals surface area contributed by atoms with E-state index in [0.717, 1.165) is 11.3 Å². The summed E-state index contributed by atoms with van der Waals surface area (Å²) in [5.41, 5.74) is 2.67. The van der Waals surface area contributed by atoms with E-state index in [4.69, 9.17) is 4.74 Å². The SMILES string of the molecule is COc1ccc(CSc2ccccc2C)cc1B(O)O. The van der Waals surface area contributed by atoms with E-state index < -0.39 is 7.12 Å². The van der Waals surface area contributed by atoms with Gasteiger partial charge in [-0.1, -0.05) is 30.3 Å². The molecule has 3 nitrogen and oxygen atoms in total. The number of rotatable bonds is 5. The third-order valence-corrected chi connectivity index (χ3v) is 4.31. The van der Waals surface area contributed by atoms with Crippen molar-refractivity contribution in [2.24, 2.45) is 0 Å². The van der Waals surface area contributed by atoms with E-state index in [1.807, 2.05) is 18.2 Å². The lowest BCUT2D eigenvalue weighted by Crippen LogP contribution is -2.31. The average Bonchev–Trinajstić information content (AvgIpc) is 2.46. The lowest BCUT2D eigenvalue weighted by atomic mass is 9.79. The second-order valence-corrected chi connectivity index (χ2v) is 5.52. The van der Waals surface area contributed by atoms with Crippen LogP contribution in [0.15, 0.2) is 47.4 Å². The van der Waals surface area contributed by atoms with Gasteiger partial charge in [-0.05, 0) is 30.2 Å². The van der Waals surface area contributed by atoms with Crippen molar-refractivity contribution in [3.05, 3.63) is 53.6 Å². The van der Waals surface area contributed by atoms with Gasteiger partial charge in [-0.2, -0.15) is 0 Å². The van der Waals surface area contributed by atoms with E-state index in [1.54, 1.807) is 23.9 Å². The molecule has 104 valence electrons. The van der Waals surface area contributed by atoms with Crippen molar-refractivity contribution in [2.45, 2.75) is 17.6 Å². The molecule has 2 aromatic rings. The van der Waals surface area contributed by atoms with Gasteiger partial charge in [0.25, 0.3) is 0 Å². The van der Waals surface area contributed by atoms with E-state index >= 15 is 0 Å². The molecule has 0 saturated heterocycles. The lowest BCUT2D eigenvalue weighted by molar-refractivity contribution is 0.403. The maximum atomic E-state index is 9.36. The molecule has 0 heterocycles. The van der Waals surface area contributed by atoms with Crippen LogP contribution in [0.4, 0.5) is 0 Å². The topological polar surface area (TPSA) is 49.7 Å². The van der Waals surface area contributed by atoms with Gasteiger partial charge in [0.2, 0.25) is 0 Å². The van der Waals surface area contributed by atoms with Crippen LogP contribution in [0.3, 0.4) is 0 Å². The van der Waals surface area contributed by atoms with Crippen LogP contribution in [0.2, 0.25) is 0 Å². The highest BCUT2D eigenvalue weighted by molar-refractivity contribution is 7.98. The van der Waals surface area contributed by atoms with Gasteiger partial charge in [0.1, 0.15) is 5.75 Å². The molecule has 0 unspecified atom stereocenters. The Kier molecular flexibility index (Phi) is 5.12. The minimum absolute atomic E-state index is 0.399. The lowest BCUT2D eigenvalue weighted by Gasteiger charge is -2.10. The second-order valence-electron chi connectivity index (χ2n) is 4.50. The Morgan fingerprint density at radius 3 is 2.55 bits per heavy atom. The van der Waals surface area contributed by atoms with Crippen molar-refractivity contribution in [1.82, 2.24) is 0 Å². The molecule has 5 heteroatoms. The van der Waals surface area contributed by atoms with Gasteiger partial charge in [0.15, 0.2) is 0 Å². The first-order valence-electron chi connectivity index (χ1n) is 6.33. The summed E-state index contributed by atoms with van der Waals surface area (Å²) in [7, 11) is -0.00320. The molecule has 0 aliphatic heterocycles. The fourth-order valence-electron chi connectivity index (χ4n) is 1.95. The Hall–Kier alpha value is -1.43. The Morgan fingerprint density at radius 2 is 1.90 bits per heavy atom. The van der Waals surface area contributed by atoms with Crippen molar-refractivity contribution in [2.75, 3.05) is 7.11 Å². The Labute approximate surface area is 123 Å². The monoisotopic (exact) mass is 288 g/mol. The summed E-state index contributed by atoms with van der Waals surface area (Å²) in [4.78, 5) is 1.23. The number of benzene rings is 2. The molecule has 0 saturated carbocycles. The zero-order chi connectivity index (χ0) is 14.5. The molecule has 0 atom stereocenters. The van der Waals surface area contributed by atoms with Gasteiger partial charge in [-0.15, -0.1) is 11.8 Å². The number of thioether (sulfide) groups is 1. The highest BCUT2D eigenvalue weighted by Crippen LogP contribution is 2.26. The molecule has 0 amide bonds. The molecular weight excluding hydrogens is 271 g/mol. The number of ether oxygens (including phenoxy) is 1. The summed E-state index contributed by atoms with van der Waals surface area (Å²) in [6, 6.07) is 13.7. The van der Waals surface area contributed by atoms with Crippen molar-refractivity contribution in [3.63, 3.8) is 0 Å². The zero-order valence-electron chi connectivity index (χ0n) is 11.5. The second kappa shape index (κ2) is 6.84. The minimum atomic E-state index is -1.52. The predicted molar refractivity (Wildman–Crippen MR) is 83.6 cm³/mol. The first kappa shape index (κ1) is 15.0. The molecule has 0 radical (unpaired) electrons. The number of aryl methyl sites for hydroxylation is 1. The molecule has 0 spiro atoms. The molecule has 0 aromatic heterocycles. The van der Waals surface area contributed by atoms with Crippen LogP contribution in [-0.4, -0.2) is 24.3 Å². The van der Waals surface area contributed by atoms with Crippen LogP contribution in [0.1, 0.15) is 11.1 Å². The van der Waals surface area contributed by atoms with Crippen LogP contribution >= 0.6 is 11.8 Å². The van der Waals surface area contributed by atoms with Crippen molar-refractivity contribution in [1.29, 1.82) is 0 Å². The van der Waals surface area contributed by atoms with Crippen molar-refractivity contribution >= 4 is 24.3 Å². The average molecular weight is 288 g/mol. The standard InChI is InChI=1S/C15H17BO3S/c1-11-5-3-4-6-15(11)20-10-12-7-8-14(19-2)13(9-12)16(17)18/h3-9,17-18H,10H2,1-2H3. The first-order valence-corrected chi connectivity index (χ1v) is 7.31. The minimum Gasteiger partial charge on any atom is -0.497 e. The summed E-state index contributed by atoms with van der Waals surface area (Å²) in [6.07, 6.45) is 0. The number of hydrogen-bond donors (Lipinski definition) is 2. The molecule has 2 N–H and O–H groups in total. The van der Waals surface area contributed by atoms with Crippen LogP contribution in [0, 0.1) is 6.92 Å². The fourth-order valence-corrected chi connectivity index (χ4v) is 2.93. The smallest absolute Gasteiger partial charge is 0.492 e. The number of hydrogen-bond acceptors (Lipinski definition) is 4. The maximum Gasteiger partial charge on any atom is 0.492 e. The Bertz CT molecular complexity index is 587. The van der Waals surface area contributed by atoms with Gasteiger partial charge < -0.3 is 14.8 Å². The molecule has 0 aliphatic carbocycles. The van der Waals surface area contributed by atoms with Gasteiger partial charge >= 0.3 is 7.12 Å². The predicted octanol–water partition coefficient (Wildman–Crippen LogP) is 1.98. The fraction of sp³-hybridized carbons (Fsp3) is 0.200. The largest absolute Gasteiger partial charge is 0.497 e. The van der Waals surface area contributed by atoms with E-state index in [0.29, 0.717) is 11.2 Å². The Balaban J connectivity index is 2.14. The van der Waals surface area contributed by atoms with E-state index in [9.17, 15) is 10.0 Å². The third kappa shape index (κ3) is 3.57. The molecule has 20 heavy (non-hydrogen) atoms. The first-order chi connectivity index (χ1) is 9.61. The van der Waals surface area contributed by atoms with Crippen molar-refractivity contribution in [3.8, 4) is 5.75 Å². The molecule has 0 aliphatic rings. The summed E-state index contributed by atoms with van der Waals surface area (Å²) >= 11 is 1.73. The van der Waals surface area contributed by atoms with E-state index in [-0.39, 0.29) is 0 Å². The molecule has 2 rings (SSSR count). The quantitative estimate of drug-likeness (QED) is 0.652. The molecule has 0 bridgehead atoms. The molecule has 2 aromatic carbocycles. The zero-order valence-corrected chi connectivity index (χ0v) is 12.4. The normalized spacial score (nSPS) is 10.4. The van der Waals surface area contributed by atoms with E-state index in [1.165, 1.54) is 17.6 Å². The Morgan fingerprint density at radius 1 is 1.15 bits per heavy atom. The summed E-state index contributed by atoms with van der Waals surface area (Å²) in [6.45, 7) is 2.08. The summed E-state index contributed by atoms with van der Waals surface area (Å²) in [5.74, 6) is 1.26. The summed E-state index contributed by atoms with van der Waals surface area (Å²) < 4.78 is 5.12. The highest BCUT2D eigenvalue weighted by Gasteiger charge is 2.17. The molecule has 0 fully saturated rings. The van der Waals surface area contributed by atoms with Crippen LogP contribution in [-0.2, 0) is 5.75 Å². The van der Waals surface area contributed by atoms with E-state index in [2.05, 4.69) is 19.1 Å². The van der Waals surface area contributed by atoms with Crippen molar-refractivity contribution < 1.29 is 14.8 Å².